The van der Waals surface area contributed by atoms with Crippen LogP contribution in [0.2, 0.25) is 0 Å². The minimum atomic E-state index is -0.365. The highest BCUT2D eigenvalue weighted by atomic mass is 16.2. The molecule has 5 nitrogen and oxygen atoms in total. The van der Waals surface area contributed by atoms with E-state index in [1.807, 2.05) is 0 Å². The van der Waals surface area contributed by atoms with Gasteiger partial charge in [-0.25, -0.2) is 4.79 Å². The number of amides is 3. The number of urea groups is 1. The number of hydrogen-bond donors (Lipinski definition) is 2. The van der Waals surface area contributed by atoms with Gasteiger partial charge in [-0.05, 0) is 24.7 Å². The molecule has 5 heteroatoms. The molecule has 2 rings (SSSR count). The zero-order chi connectivity index (χ0) is 10.3. The normalized spacial score (nSPS) is 28.9. The maximum absolute atomic E-state index is 11.0. The Morgan fingerprint density at radius 3 is 2.14 bits per heavy atom. The zero-order valence-electron chi connectivity index (χ0n) is 8.03. The molecule has 14 heavy (non-hydrogen) atoms. The van der Waals surface area contributed by atoms with Crippen LogP contribution in [0.25, 0.3) is 0 Å². The number of piperidine rings is 1. The van der Waals surface area contributed by atoms with E-state index in [4.69, 9.17) is 11.5 Å². The lowest BCUT2D eigenvalue weighted by atomic mass is 9.91. The number of rotatable bonds is 1. The van der Waals surface area contributed by atoms with Gasteiger partial charge in [0.1, 0.15) is 0 Å². The quantitative estimate of drug-likeness (QED) is 0.601. The fraction of sp³-hybridized carbons (Fsp3) is 0.778. The maximum Gasteiger partial charge on any atom is 0.314 e. The molecular weight excluding hydrogens is 182 g/mol. The van der Waals surface area contributed by atoms with Crippen molar-refractivity contribution < 1.29 is 9.59 Å². The van der Waals surface area contributed by atoms with Gasteiger partial charge in [0.05, 0.1) is 0 Å². The van der Waals surface area contributed by atoms with Crippen LogP contribution in [-0.4, -0.2) is 29.9 Å². The molecule has 1 unspecified atom stereocenters. The number of carbonyl (C=O) groups is 2. The van der Waals surface area contributed by atoms with Gasteiger partial charge in [-0.3, -0.25) is 4.79 Å². The average Bonchev–Trinajstić information content (AvgIpc) is 2.80. The van der Waals surface area contributed by atoms with Gasteiger partial charge >= 0.3 is 6.03 Å². The first kappa shape index (κ1) is 9.30. The third-order valence-corrected chi connectivity index (χ3v) is 3.60. The van der Waals surface area contributed by atoms with Crippen LogP contribution in [-0.2, 0) is 4.79 Å². The Bertz CT molecular complexity index is 282. The number of nitrogens with zero attached hydrogens (tertiary/aromatic N) is 1. The first-order valence-electron chi connectivity index (χ1n) is 4.89. The minimum absolute atomic E-state index is 0.0394. The molecule has 1 spiro atoms. The van der Waals surface area contributed by atoms with Crippen LogP contribution in [0, 0.1) is 11.3 Å². The summed E-state index contributed by atoms with van der Waals surface area (Å²) < 4.78 is 0. The molecule has 0 aromatic rings. The summed E-state index contributed by atoms with van der Waals surface area (Å²) in [5.41, 5.74) is 10.5. The van der Waals surface area contributed by atoms with Crippen molar-refractivity contribution in [1.29, 1.82) is 0 Å². The van der Waals surface area contributed by atoms with E-state index in [0.29, 0.717) is 13.1 Å². The predicted octanol–water partition coefficient (Wildman–Crippen LogP) is -0.348. The lowest BCUT2D eigenvalue weighted by Crippen LogP contribution is -2.43. The Morgan fingerprint density at radius 2 is 1.79 bits per heavy atom. The van der Waals surface area contributed by atoms with Gasteiger partial charge in [0.15, 0.2) is 0 Å². The van der Waals surface area contributed by atoms with Gasteiger partial charge in [-0.1, -0.05) is 0 Å². The summed E-state index contributed by atoms with van der Waals surface area (Å²) in [5, 5.41) is 0. The number of nitrogens with two attached hydrogens (primary N) is 2. The summed E-state index contributed by atoms with van der Waals surface area (Å²) in [4.78, 5) is 23.5. The van der Waals surface area contributed by atoms with Gasteiger partial charge < -0.3 is 16.4 Å². The molecule has 78 valence electrons. The molecule has 3 amide bonds. The fourth-order valence-corrected chi connectivity index (χ4v) is 2.47. The van der Waals surface area contributed by atoms with Crippen molar-refractivity contribution in [2.45, 2.75) is 19.3 Å². The van der Waals surface area contributed by atoms with Crippen LogP contribution in [0.5, 0.6) is 0 Å². The lowest BCUT2D eigenvalue weighted by molar-refractivity contribution is -0.120. The van der Waals surface area contributed by atoms with Crippen molar-refractivity contribution >= 4 is 11.9 Å². The largest absolute Gasteiger partial charge is 0.369 e. The molecule has 2 fully saturated rings. The summed E-state index contributed by atoms with van der Waals surface area (Å²) in [6.07, 6.45) is 2.63. The number of hydrogen-bond acceptors (Lipinski definition) is 2. The monoisotopic (exact) mass is 197 g/mol. The van der Waals surface area contributed by atoms with E-state index >= 15 is 0 Å². The Kier molecular flexibility index (Phi) is 1.90. The first-order chi connectivity index (χ1) is 6.55. The second kappa shape index (κ2) is 2.87. The molecule has 0 radical (unpaired) electrons. The number of carbonyl (C=O) groups excluding carboxylic acids is 2. The van der Waals surface area contributed by atoms with Crippen LogP contribution >= 0.6 is 0 Å². The predicted molar refractivity (Wildman–Crippen MR) is 50.1 cm³/mol. The van der Waals surface area contributed by atoms with E-state index in [9.17, 15) is 9.59 Å². The smallest absolute Gasteiger partial charge is 0.314 e. The van der Waals surface area contributed by atoms with Crippen molar-refractivity contribution in [3.05, 3.63) is 0 Å². The average molecular weight is 197 g/mol. The highest BCUT2D eigenvalue weighted by Crippen LogP contribution is 2.59. The SMILES string of the molecule is NC(=O)C1CC12CCN(C(N)=O)CC2. The fourth-order valence-electron chi connectivity index (χ4n) is 2.47. The molecule has 0 aromatic carbocycles. The van der Waals surface area contributed by atoms with Gasteiger partial charge in [0.2, 0.25) is 5.91 Å². The molecule has 1 heterocycles. The summed E-state index contributed by atoms with van der Waals surface area (Å²) >= 11 is 0. The summed E-state index contributed by atoms with van der Waals surface area (Å²) in [5.74, 6) is -0.157. The zero-order valence-corrected chi connectivity index (χ0v) is 8.03. The van der Waals surface area contributed by atoms with Crippen LogP contribution in [0.4, 0.5) is 4.79 Å². The summed E-state index contributed by atoms with van der Waals surface area (Å²) in [6.45, 7) is 1.33. The van der Waals surface area contributed by atoms with Crippen molar-refractivity contribution in [2.24, 2.45) is 22.8 Å². The molecule has 0 aromatic heterocycles. The maximum atomic E-state index is 11.0. The van der Waals surface area contributed by atoms with Crippen molar-refractivity contribution in [1.82, 2.24) is 4.90 Å². The standard InChI is InChI=1S/C9H15N3O2/c10-7(13)6-5-9(6)1-3-12(4-2-9)8(11)14/h6H,1-5H2,(H2,10,13)(H2,11,14). The Morgan fingerprint density at radius 1 is 1.21 bits per heavy atom. The first-order valence-corrected chi connectivity index (χ1v) is 4.89. The number of likely N-dealkylation sites (tertiary alicyclic amines) is 1. The van der Waals surface area contributed by atoms with E-state index < -0.39 is 0 Å². The third kappa shape index (κ3) is 1.32. The van der Waals surface area contributed by atoms with Crippen LogP contribution in [0.15, 0.2) is 0 Å². The van der Waals surface area contributed by atoms with E-state index in [1.54, 1.807) is 4.90 Å². The van der Waals surface area contributed by atoms with E-state index in [2.05, 4.69) is 0 Å². The van der Waals surface area contributed by atoms with Crippen LogP contribution < -0.4 is 11.5 Å². The number of primary amides is 2. The van der Waals surface area contributed by atoms with Gasteiger partial charge in [0.25, 0.3) is 0 Å². The van der Waals surface area contributed by atoms with E-state index in [-0.39, 0.29) is 23.3 Å². The Balaban J connectivity index is 1.92. The topological polar surface area (TPSA) is 89.4 Å². The molecule has 2 aliphatic rings. The van der Waals surface area contributed by atoms with E-state index in [1.165, 1.54) is 0 Å². The van der Waals surface area contributed by atoms with E-state index in [0.717, 1.165) is 19.3 Å². The second-order valence-electron chi connectivity index (χ2n) is 4.35. The summed E-state index contributed by atoms with van der Waals surface area (Å²) in [7, 11) is 0. The molecule has 1 atom stereocenters. The second-order valence-corrected chi connectivity index (χ2v) is 4.35. The van der Waals surface area contributed by atoms with Crippen molar-refractivity contribution in [3.63, 3.8) is 0 Å². The van der Waals surface area contributed by atoms with Crippen molar-refractivity contribution in [3.8, 4) is 0 Å². The van der Waals surface area contributed by atoms with Gasteiger partial charge in [0, 0.05) is 19.0 Å². The highest BCUT2D eigenvalue weighted by molar-refractivity contribution is 5.81. The lowest BCUT2D eigenvalue weighted by Gasteiger charge is -2.31. The van der Waals surface area contributed by atoms with Gasteiger partial charge in [-0.15, -0.1) is 0 Å². The Hall–Kier alpha value is -1.26. The Labute approximate surface area is 82.4 Å². The van der Waals surface area contributed by atoms with Gasteiger partial charge in [-0.2, -0.15) is 0 Å². The molecule has 1 aliphatic carbocycles. The minimum Gasteiger partial charge on any atom is -0.369 e. The third-order valence-electron chi connectivity index (χ3n) is 3.60. The summed E-state index contributed by atoms with van der Waals surface area (Å²) in [6, 6.07) is -0.365. The molecule has 1 aliphatic heterocycles. The highest BCUT2D eigenvalue weighted by Gasteiger charge is 2.57. The molecule has 1 saturated heterocycles. The van der Waals surface area contributed by atoms with Crippen LogP contribution in [0.1, 0.15) is 19.3 Å². The van der Waals surface area contributed by atoms with Crippen molar-refractivity contribution in [2.75, 3.05) is 13.1 Å². The molecule has 4 N–H and O–H groups in total. The molecule has 1 saturated carbocycles. The van der Waals surface area contributed by atoms with Crippen LogP contribution in [0.3, 0.4) is 0 Å². The molecular formula is C9H15N3O2. The molecule has 0 bridgehead atoms.